The standard InChI is InChI=1S/C11H15F3N4O2/c1-7-8(4-15-16-7)10(20)18(6-11(12,13)14)5-9(19)17(2)3/h4H,5-6H2,1-3H3,(H,15,16). The fraction of sp³-hybridized carbons (Fsp3) is 0.545. The molecule has 0 aliphatic rings. The largest absolute Gasteiger partial charge is 0.406 e. The molecular weight excluding hydrogens is 277 g/mol. The molecule has 0 spiro atoms. The Hall–Kier alpha value is -2.06. The minimum absolute atomic E-state index is 0.0146. The normalized spacial score (nSPS) is 11.3. The van der Waals surface area contributed by atoms with E-state index in [-0.39, 0.29) is 5.56 Å². The number of amides is 2. The van der Waals surface area contributed by atoms with Gasteiger partial charge in [-0.1, -0.05) is 0 Å². The smallest absolute Gasteiger partial charge is 0.347 e. The predicted octanol–water partition coefficient (Wildman–Crippen LogP) is 0.811. The van der Waals surface area contributed by atoms with E-state index in [0.717, 1.165) is 11.1 Å². The second-order valence-electron chi connectivity index (χ2n) is 4.47. The Morgan fingerprint density at radius 1 is 1.35 bits per heavy atom. The van der Waals surface area contributed by atoms with Gasteiger partial charge >= 0.3 is 6.18 Å². The number of aryl methyl sites for hydroxylation is 1. The number of halogens is 3. The number of carbonyl (C=O) groups is 2. The molecule has 0 aliphatic heterocycles. The van der Waals surface area contributed by atoms with Crippen molar-refractivity contribution in [3.8, 4) is 0 Å². The van der Waals surface area contributed by atoms with Gasteiger partial charge in [0.2, 0.25) is 5.91 Å². The molecule has 9 heteroatoms. The Morgan fingerprint density at radius 3 is 2.35 bits per heavy atom. The summed E-state index contributed by atoms with van der Waals surface area (Å²) in [7, 11) is 2.81. The number of aromatic nitrogens is 2. The van der Waals surface area contributed by atoms with Gasteiger partial charge in [0.1, 0.15) is 13.1 Å². The van der Waals surface area contributed by atoms with Crippen molar-refractivity contribution in [3.63, 3.8) is 0 Å². The second kappa shape index (κ2) is 5.93. The SMILES string of the molecule is Cc1[nH]ncc1C(=O)N(CC(=O)N(C)C)CC(F)(F)F. The zero-order chi connectivity index (χ0) is 15.5. The number of hydrogen-bond donors (Lipinski definition) is 1. The minimum Gasteiger partial charge on any atom is -0.347 e. The first-order valence-corrected chi connectivity index (χ1v) is 5.68. The zero-order valence-corrected chi connectivity index (χ0v) is 11.3. The van der Waals surface area contributed by atoms with Crippen molar-refractivity contribution in [1.29, 1.82) is 0 Å². The van der Waals surface area contributed by atoms with Crippen LogP contribution < -0.4 is 0 Å². The number of nitrogens with zero attached hydrogens (tertiary/aromatic N) is 3. The molecular formula is C11H15F3N4O2. The summed E-state index contributed by atoms with van der Waals surface area (Å²) < 4.78 is 37.6. The fourth-order valence-electron chi connectivity index (χ4n) is 1.46. The summed E-state index contributed by atoms with van der Waals surface area (Å²) in [6.07, 6.45) is -3.44. The summed E-state index contributed by atoms with van der Waals surface area (Å²) in [6, 6.07) is 0. The van der Waals surface area contributed by atoms with E-state index in [1.165, 1.54) is 21.0 Å². The maximum absolute atomic E-state index is 12.5. The molecule has 0 fully saturated rings. The molecule has 1 rings (SSSR count). The van der Waals surface area contributed by atoms with E-state index in [1.54, 1.807) is 0 Å². The number of likely N-dealkylation sites (N-methyl/N-ethyl adjacent to an activating group) is 1. The third-order valence-electron chi connectivity index (χ3n) is 2.54. The Morgan fingerprint density at radius 2 is 1.95 bits per heavy atom. The van der Waals surface area contributed by atoms with Crippen molar-refractivity contribution in [2.24, 2.45) is 0 Å². The van der Waals surface area contributed by atoms with Gasteiger partial charge in [0.15, 0.2) is 0 Å². The van der Waals surface area contributed by atoms with Crippen LogP contribution >= 0.6 is 0 Å². The average molecular weight is 292 g/mol. The van der Waals surface area contributed by atoms with Gasteiger partial charge in [-0.15, -0.1) is 0 Å². The zero-order valence-electron chi connectivity index (χ0n) is 11.3. The van der Waals surface area contributed by atoms with Crippen LogP contribution in [0.3, 0.4) is 0 Å². The number of rotatable bonds is 4. The van der Waals surface area contributed by atoms with Crippen LogP contribution in [0.15, 0.2) is 6.20 Å². The van der Waals surface area contributed by atoms with E-state index in [1.807, 2.05) is 0 Å². The molecule has 1 aromatic rings. The first-order valence-electron chi connectivity index (χ1n) is 5.68. The van der Waals surface area contributed by atoms with Crippen LogP contribution in [-0.2, 0) is 4.79 Å². The van der Waals surface area contributed by atoms with Crippen molar-refractivity contribution in [2.75, 3.05) is 27.2 Å². The lowest BCUT2D eigenvalue weighted by Crippen LogP contribution is -2.44. The summed E-state index contributed by atoms with van der Waals surface area (Å²) in [5.41, 5.74) is 0.361. The molecule has 1 heterocycles. The quantitative estimate of drug-likeness (QED) is 0.893. The van der Waals surface area contributed by atoms with Crippen molar-refractivity contribution in [2.45, 2.75) is 13.1 Å². The van der Waals surface area contributed by atoms with E-state index in [9.17, 15) is 22.8 Å². The molecule has 0 bridgehead atoms. The van der Waals surface area contributed by atoms with Gasteiger partial charge in [0, 0.05) is 19.8 Å². The van der Waals surface area contributed by atoms with E-state index in [2.05, 4.69) is 10.2 Å². The Labute approximate surface area is 113 Å². The second-order valence-corrected chi connectivity index (χ2v) is 4.47. The molecule has 0 aromatic carbocycles. The van der Waals surface area contributed by atoms with Crippen LogP contribution in [0, 0.1) is 6.92 Å². The Kier molecular flexibility index (Phi) is 4.74. The van der Waals surface area contributed by atoms with Gasteiger partial charge in [-0.05, 0) is 6.92 Å². The van der Waals surface area contributed by atoms with Crippen LogP contribution in [0.5, 0.6) is 0 Å². The number of nitrogens with one attached hydrogen (secondary N) is 1. The first kappa shape index (κ1) is 16.0. The summed E-state index contributed by atoms with van der Waals surface area (Å²) in [4.78, 5) is 25.2. The van der Waals surface area contributed by atoms with Gasteiger partial charge < -0.3 is 9.80 Å². The topological polar surface area (TPSA) is 69.3 Å². The van der Waals surface area contributed by atoms with Gasteiger partial charge in [-0.2, -0.15) is 18.3 Å². The highest BCUT2D eigenvalue weighted by molar-refractivity contribution is 5.97. The predicted molar refractivity (Wildman–Crippen MR) is 64.0 cm³/mol. The van der Waals surface area contributed by atoms with Crippen molar-refractivity contribution >= 4 is 11.8 Å². The summed E-state index contributed by atoms with van der Waals surface area (Å²) in [5, 5.41) is 6.06. The van der Waals surface area contributed by atoms with E-state index >= 15 is 0 Å². The molecule has 0 saturated heterocycles. The maximum atomic E-state index is 12.5. The molecule has 0 radical (unpaired) electrons. The van der Waals surface area contributed by atoms with Gasteiger partial charge in [-0.25, -0.2) is 0 Å². The average Bonchev–Trinajstić information content (AvgIpc) is 2.71. The molecule has 20 heavy (non-hydrogen) atoms. The number of alkyl halides is 3. The highest BCUT2D eigenvalue weighted by atomic mass is 19.4. The highest BCUT2D eigenvalue weighted by Gasteiger charge is 2.35. The van der Waals surface area contributed by atoms with Gasteiger partial charge in [0.05, 0.1) is 11.8 Å². The van der Waals surface area contributed by atoms with E-state index < -0.39 is 31.1 Å². The molecule has 0 saturated carbocycles. The van der Waals surface area contributed by atoms with Crippen molar-refractivity contribution in [3.05, 3.63) is 17.5 Å². The van der Waals surface area contributed by atoms with Crippen molar-refractivity contribution < 1.29 is 22.8 Å². The minimum atomic E-state index is -4.58. The Bertz CT molecular complexity index is 496. The van der Waals surface area contributed by atoms with Crippen molar-refractivity contribution in [1.82, 2.24) is 20.0 Å². The number of carbonyl (C=O) groups excluding carboxylic acids is 2. The number of hydrogen-bond acceptors (Lipinski definition) is 3. The lowest BCUT2D eigenvalue weighted by molar-refractivity contribution is -0.146. The van der Waals surface area contributed by atoms with Crippen LogP contribution in [0.1, 0.15) is 16.1 Å². The molecule has 0 atom stereocenters. The lowest BCUT2D eigenvalue weighted by atomic mass is 10.2. The summed E-state index contributed by atoms with van der Waals surface area (Å²) in [5.74, 6) is -1.48. The third kappa shape index (κ3) is 4.25. The Balaban J connectivity index is 2.95. The van der Waals surface area contributed by atoms with Gasteiger partial charge in [-0.3, -0.25) is 14.7 Å². The molecule has 112 valence electrons. The van der Waals surface area contributed by atoms with E-state index in [0.29, 0.717) is 10.6 Å². The maximum Gasteiger partial charge on any atom is 0.406 e. The molecule has 0 unspecified atom stereocenters. The van der Waals surface area contributed by atoms with Crippen LogP contribution in [-0.4, -0.2) is 65.2 Å². The third-order valence-corrected chi connectivity index (χ3v) is 2.54. The molecule has 1 N–H and O–H groups in total. The number of H-pyrrole nitrogens is 1. The number of aromatic amines is 1. The lowest BCUT2D eigenvalue weighted by Gasteiger charge is -2.24. The van der Waals surface area contributed by atoms with Crippen LogP contribution in [0.25, 0.3) is 0 Å². The van der Waals surface area contributed by atoms with E-state index in [4.69, 9.17) is 0 Å². The summed E-state index contributed by atoms with van der Waals surface area (Å²) >= 11 is 0. The monoisotopic (exact) mass is 292 g/mol. The molecule has 2 amide bonds. The first-order chi connectivity index (χ1) is 9.11. The molecule has 1 aromatic heterocycles. The van der Waals surface area contributed by atoms with Gasteiger partial charge in [0.25, 0.3) is 5.91 Å². The summed E-state index contributed by atoms with van der Waals surface area (Å²) in [6.45, 7) is -0.619. The fourth-order valence-corrected chi connectivity index (χ4v) is 1.46. The van der Waals surface area contributed by atoms with Crippen LogP contribution in [0.2, 0.25) is 0 Å². The molecule has 6 nitrogen and oxygen atoms in total. The molecule has 0 aliphatic carbocycles. The van der Waals surface area contributed by atoms with Crippen LogP contribution in [0.4, 0.5) is 13.2 Å². The highest BCUT2D eigenvalue weighted by Crippen LogP contribution is 2.18.